The van der Waals surface area contributed by atoms with Gasteiger partial charge in [-0.25, -0.2) is 4.79 Å². The number of hydrogen-bond acceptors (Lipinski definition) is 6. The summed E-state index contributed by atoms with van der Waals surface area (Å²) in [6, 6.07) is 19.0. The van der Waals surface area contributed by atoms with Crippen molar-refractivity contribution < 1.29 is 28.6 Å². The molecule has 1 N–H and O–H groups in total. The normalized spacial score (nSPS) is 11.2. The van der Waals surface area contributed by atoms with E-state index in [0.29, 0.717) is 45.2 Å². The van der Waals surface area contributed by atoms with Gasteiger partial charge in [0, 0.05) is 28.1 Å². The molecule has 0 unspecified atom stereocenters. The molecule has 0 amide bonds. The zero-order valence-corrected chi connectivity index (χ0v) is 22.2. The quantitative estimate of drug-likeness (QED) is 0.153. The average Bonchev–Trinajstić information content (AvgIpc) is 3.30. The summed E-state index contributed by atoms with van der Waals surface area (Å²) < 4.78 is 17.2. The van der Waals surface area contributed by atoms with Crippen LogP contribution in [-0.2, 0) is 4.79 Å². The van der Waals surface area contributed by atoms with Crippen molar-refractivity contribution in [3.05, 3.63) is 82.9 Å². The van der Waals surface area contributed by atoms with E-state index in [2.05, 4.69) is 18.7 Å². The van der Waals surface area contributed by atoms with Gasteiger partial charge in [0.05, 0.1) is 12.2 Å². The fourth-order valence-corrected chi connectivity index (χ4v) is 4.38. The van der Waals surface area contributed by atoms with Crippen LogP contribution >= 0.6 is 11.6 Å². The molecule has 0 atom stereocenters. The molecule has 0 aliphatic heterocycles. The van der Waals surface area contributed by atoms with Crippen molar-refractivity contribution in [3.63, 3.8) is 0 Å². The fraction of sp³-hybridized carbons (Fsp3) is 0.267. The van der Waals surface area contributed by atoms with Gasteiger partial charge in [-0.15, -0.1) is 0 Å². The highest BCUT2D eigenvalue weighted by atomic mass is 35.5. The molecule has 0 bridgehead atoms. The van der Waals surface area contributed by atoms with Gasteiger partial charge in [-0.1, -0.05) is 25.4 Å². The van der Waals surface area contributed by atoms with Crippen LogP contribution in [0.1, 0.15) is 36.2 Å². The number of rotatable bonds is 13. The number of furan rings is 1. The number of halogens is 1. The zero-order valence-electron chi connectivity index (χ0n) is 21.4. The lowest BCUT2D eigenvalue weighted by Gasteiger charge is -2.17. The molecule has 0 spiro atoms. The van der Waals surface area contributed by atoms with Crippen LogP contribution in [-0.4, -0.2) is 54.6 Å². The highest BCUT2D eigenvalue weighted by Gasteiger charge is 2.24. The van der Waals surface area contributed by atoms with Crippen molar-refractivity contribution in [2.24, 2.45) is 0 Å². The maximum Gasteiger partial charge on any atom is 0.341 e. The SMILES string of the molecule is CCN(CC)CCCOc1ccc(-c2oc3ccc(Cl)cc3c2C(=O)c2ccc(OCC(=O)O)cc2)cc1. The summed E-state index contributed by atoms with van der Waals surface area (Å²) in [7, 11) is 0. The first-order valence-corrected chi connectivity index (χ1v) is 12.9. The van der Waals surface area contributed by atoms with Crippen LogP contribution in [0.3, 0.4) is 0 Å². The minimum atomic E-state index is -1.08. The van der Waals surface area contributed by atoms with Gasteiger partial charge in [0.2, 0.25) is 0 Å². The number of hydrogen-bond donors (Lipinski definition) is 1. The number of nitrogens with zero attached hydrogens (tertiary/aromatic N) is 1. The van der Waals surface area contributed by atoms with Gasteiger partial charge in [0.15, 0.2) is 12.4 Å². The lowest BCUT2D eigenvalue weighted by molar-refractivity contribution is -0.139. The average molecular weight is 536 g/mol. The molecule has 0 radical (unpaired) electrons. The van der Waals surface area contributed by atoms with E-state index in [4.69, 9.17) is 30.6 Å². The molecule has 0 aliphatic rings. The van der Waals surface area contributed by atoms with Crippen molar-refractivity contribution in [3.8, 4) is 22.8 Å². The third kappa shape index (κ3) is 6.54. The van der Waals surface area contributed by atoms with Crippen LogP contribution in [0.25, 0.3) is 22.3 Å². The number of fused-ring (bicyclic) bond motifs is 1. The van der Waals surface area contributed by atoms with E-state index >= 15 is 0 Å². The Kier molecular flexibility index (Phi) is 9.05. The van der Waals surface area contributed by atoms with Crippen LogP contribution in [0, 0.1) is 0 Å². The standard InChI is InChI=1S/C30H30ClNO6/c1-3-32(4-2)16-5-17-36-23-13-8-21(9-14-23)30-28(25-18-22(31)10-15-26(25)38-30)29(35)20-6-11-24(12-7-20)37-19-27(33)34/h6-15,18H,3-5,16-17,19H2,1-2H3,(H,33,34). The molecule has 8 heteroatoms. The Labute approximate surface area is 226 Å². The number of ether oxygens (including phenoxy) is 2. The maximum atomic E-state index is 13.7. The molecule has 1 aromatic heterocycles. The second-order valence-electron chi connectivity index (χ2n) is 8.74. The molecule has 4 rings (SSSR count). The predicted molar refractivity (Wildman–Crippen MR) is 148 cm³/mol. The van der Waals surface area contributed by atoms with Gasteiger partial charge in [-0.2, -0.15) is 0 Å². The van der Waals surface area contributed by atoms with E-state index in [0.717, 1.165) is 37.4 Å². The molecule has 38 heavy (non-hydrogen) atoms. The number of ketones is 1. The van der Waals surface area contributed by atoms with E-state index in [1.165, 1.54) is 0 Å². The predicted octanol–water partition coefficient (Wildman–Crippen LogP) is 6.56. The zero-order chi connectivity index (χ0) is 27.1. The number of benzene rings is 3. The Balaban J connectivity index is 1.58. The number of aliphatic carboxylic acids is 1. The molecular weight excluding hydrogens is 506 g/mol. The van der Waals surface area contributed by atoms with Crippen LogP contribution < -0.4 is 9.47 Å². The molecule has 0 fully saturated rings. The molecule has 0 aliphatic carbocycles. The Bertz CT molecular complexity index is 1390. The highest BCUT2D eigenvalue weighted by Crippen LogP contribution is 2.37. The second kappa shape index (κ2) is 12.6. The summed E-state index contributed by atoms with van der Waals surface area (Å²) >= 11 is 6.26. The Morgan fingerprint density at radius 1 is 0.921 bits per heavy atom. The first-order chi connectivity index (χ1) is 18.4. The fourth-order valence-electron chi connectivity index (χ4n) is 4.21. The van der Waals surface area contributed by atoms with Gasteiger partial charge < -0.3 is 23.9 Å². The van der Waals surface area contributed by atoms with Crippen molar-refractivity contribution in [2.45, 2.75) is 20.3 Å². The van der Waals surface area contributed by atoms with E-state index < -0.39 is 12.6 Å². The molecule has 7 nitrogen and oxygen atoms in total. The summed E-state index contributed by atoms with van der Waals surface area (Å²) in [5, 5.41) is 9.91. The molecule has 198 valence electrons. The van der Waals surface area contributed by atoms with E-state index in [1.54, 1.807) is 42.5 Å². The van der Waals surface area contributed by atoms with Gasteiger partial charge >= 0.3 is 5.97 Å². The van der Waals surface area contributed by atoms with Crippen molar-refractivity contribution in [1.82, 2.24) is 4.90 Å². The third-order valence-corrected chi connectivity index (χ3v) is 6.49. The van der Waals surface area contributed by atoms with Crippen LogP contribution in [0.4, 0.5) is 0 Å². The van der Waals surface area contributed by atoms with Crippen LogP contribution in [0.15, 0.2) is 71.1 Å². The molecule has 0 saturated carbocycles. The van der Waals surface area contributed by atoms with E-state index in [9.17, 15) is 9.59 Å². The minimum Gasteiger partial charge on any atom is -0.494 e. The molecular formula is C30H30ClNO6. The summed E-state index contributed by atoms with van der Waals surface area (Å²) in [5.74, 6) is 0.218. The number of carboxylic acid groups (broad SMARTS) is 1. The number of carboxylic acids is 1. The first kappa shape index (κ1) is 27.2. The first-order valence-electron chi connectivity index (χ1n) is 12.6. The highest BCUT2D eigenvalue weighted by molar-refractivity contribution is 6.32. The minimum absolute atomic E-state index is 0.248. The summed E-state index contributed by atoms with van der Waals surface area (Å²) in [5.41, 5.74) is 2.09. The molecule has 1 heterocycles. The van der Waals surface area contributed by atoms with Gasteiger partial charge in [0.1, 0.15) is 22.8 Å². The number of carbonyl (C=O) groups is 2. The Morgan fingerprint density at radius 2 is 1.58 bits per heavy atom. The van der Waals surface area contributed by atoms with E-state index in [1.807, 2.05) is 24.3 Å². The van der Waals surface area contributed by atoms with Crippen LogP contribution in [0.5, 0.6) is 11.5 Å². The summed E-state index contributed by atoms with van der Waals surface area (Å²) in [6.45, 7) is 7.51. The monoisotopic (exact) mass is 535 g/mol. The van der Waals surface area contributed by atoms with Crippen LogP contribution in [0.2, 0.25) is 5.02 Å². The second-order valence-corrected chi connectivity index (χ2v) is 9.17. The number of carbonyl (C=O) groups excluding carboxylic acids is 1. The Hall–Kier alpha value is -3.81. The largest absolute Gasteiger partial charge is 0.494 e. The lowest BCUT2D eigenvalue weighted by atomic mass is 9.97. The van der Waals surface area contributed by atoms with Gasteiger partial charge in [-0.3, -0.25) is 4.79 Å². The third-order valence-electron chi connectivity index (χ3n) is 6.25. The molecule has 4 aromatic rings. The summed E-state index contributed by atoms with van der Waals surface area (Å²) in [6.07, 6.45) is 0.937. The molecule has 3 aromatic carbocycles. The maximum absolute atomic E-state index is 13.7. The van der Waals surface area contributed by atoms with Gasteiger partial charge in [-0.05, 0) is 86.2 Å². The van der Waals surface area contributed by atoms with Crippen molar-refractivity contribution >= 4 is 34.3 Å². The molecule has 0 saturated heterocycles. The van der Waals surface area contributed by atoms with Gasteiger partial charge in [0.25, 0.3) is 0 Å². The van der Waals surface area contributed by atoms with Crippen molar-refractivity contribution in [2.75, 3.05) is 32.8 Å². The van der Waals surface area contributed by atoms with E-state index in [-0.39, 0.29) is 5.78 Å². The van der Waals surface area contributed by atoms with Crippen molar-refractivity contribution in [1.29, 1.82) is 0 Å². The Morgan fingerprint density at radius 3 is 2.24 bits per heavy atom. The topological polar surface area (TPSA) is 89.2 Å². The smallest absolute Gasteiger partial charge is 0.341 e. The summed E-state index contributed by atoms with van der Waals surface area (Å²) in [4.78, 5) is 26.8. The lowest BCUT2D eigenvalue weighted by Crippen LogP contribution is -2.25.